The maximum absolute atomic E-state index is 13.8. The van der Waals surface area contributed by atoms with Gasteiger partial charge in [-0.25, -0.2) is 9.59 Å². The van der Waals surface area contributed by atoms with E-state index in [0.29, 0.717) is 11.1 Å². The lowest BCUT2D eigenvalue weighted by molar-refractivity contribution is -0.0297. The van der Waals surface area contributed by atoms with E-state index in [9.17, 15) is 14.7 Å². The van der Waals surface area contributed by atoms with E-state index in [1.54, 1.807) is 32.4 Å². The maximum Gasteiger partial charge on any atom is 0.339 e. The molecule has 1 fully saturated rings. The molecule has 42 heavy (non-hydrogen) atoms. The van der Waals surface area contributed by atoms with Gasteiger partial charge in [-0.3, -0.25) is 4.99 Å². The van der Waals surface area contributed by atoms with Crippen LogP contribution >= 0.6 is 11.8 Å². The molecule has 2 aliphatic heterocycles. The summed E-state index contributed by atoms with van der Waals surface area (Å²) in [5.74, 6) is -2.31. The lowest BCUT2D eigenvalue weighted by Gasteiger charge is -2.46. The molecule has 0 amide bonds. The third kappa shape index (κ3) is 7.76. The van der Waals surface area contributed by atoms with Crippen LogP contribution in [-0.4, -0.2) is 69.0 Å². The summed E-state index contributed by atoms with van der Waals surface area (Å²) in [5.41, 5.74) is 1.98. The molecular weight excluding hydrogens is 587 g/mol. The average Bonchev–Trinajstić information content (AvgIpc) is 3.29. The lowest BCUT2D eigenvalue weighted by Crippen LogP contribution is -2.54. The van der Waals surface area contributed by atoms with Gasteiger partial charge in [0, 0.05) is 5.92 Å². The molecular formula is C31H51NO7SSi2. The van der Waals surface area contributed by atoms with Crippen molar-refractivity contribution in [3.8, 4) is 0 Å². The Hall–Kier alpha value is -1.51. The molecule has 0 aromatic heterocycles. The number of aliphatic imine (C=N–C) groups is 1. The van der Waals surface area contributed by atoms with Gasteiger partial charge in [0.2, 0.25) is 0 Å². The summed E-state index contributed by atoms with van der Waals surface area (Å²) in [5, 5.41) is 10.3. The molecule has 1 aromatic carbocycles. The van der Waals surface area contributed by atoms with Crippen molar-refractivity contribution in [1.29, 1.82) is 0 Å². The fraction of sp³-hybridized carbons (Fsp3) is 0.710. The van der Waals surface area contributed by atoms with E-state index in [1.165, 1.54) is 11.8 Å². The second-order valence-corrected chi connectivity index (χ2v) is 26.0. The Balaban J connectivity index is 2.23. The van der Waals surface area contributed by atoms with Gasteiger partial charge in [-0.2, -0.15) is 0 Å². The molecule has 11 heteroatoms. The van der Waals surface area contributed by atoms with Gasteiger partial charge >= 0.3 is 11.9 Å². The van der Waals surface area contributed by atoms with Gasteiger partial charge in [0.05, 0.1) is 36.0 Å². The summed E-state index contributed by atoms with van der Waals surface area (Å²) in [6.07, 6.45) is -0.407. The van der Waals surface area contributed by atoms with Crippen LogP contribution in [0.25, 0.3) is 0 Å². The lowest BCUT2D eigenvalue weighted by atomic mass is 9.83. The predicted molar refractivity (Wildman–Crippen MR) is 175 cm³/mol. The van der Waals surface area contributed by atoms with Crippen LogP contribution in [0, 0.1) is 0 Å². The molecule has 2 aliphatic rings. The molecule has 1 N–H and O–H groups in total. The Morgan fingerprint density at radius 3 is 2.12 bits per heavy atom. The third-order valence-electron chi connectivity index (χ3n) is 8.98. The zero-order valence-electron chi connectivity index (χ0n) is 27.7. The average molecular weight is 638 g/mol. The number of esters is 1. The molecule has 0 spiro atoms. The molecule has 4 atom stereocenters. The van der Waals surface area contributed by atoms with E-state index in [2.05, 4.69) is 67.7 Å². The van der Waals surface area contributed by atoms with Crippen molar-refractivity contribution in [2.24, 2.45) is 4.99 Å². The topological polar surface area (TPSA) is 104 Å². The smallest absolute Gasteiger partial charge is 0.339 e. The van der Waals surface area contributed by atoms with Crippen LogP contribution in [-0.2, 0) is 24.9 Å². The summed E-state index contributed by atoms with van der Waals surface area (Å²) in [4.78, 5) is 31.3. The Kier molecular flexibility index (Phi) is 10.1. The number of aromatic carboxylic acids is 1. The number of hydrogen-bond acceptors (Lipinski definition) is 8. The summed E-state index contributed by atoms with van der Waals surface area (Å²) in [6.45, 7) is 27.6. The number of nitrogens with zero attached hydrogens (tertiary/aromatic N) is 1. The van der Waals surface area contributed by atoms with Crippen molar-refractivity contribution in [2.75, 3.05) is 6.61 Å². The normalized spacial score (nSPS) is 23.5. The summed E-state index contributed by atoms with van der Waals surface area (Å²) >= 11 is 1.52. The fourth-order valence-electron chi connectivity index (χ4n) is 4.47. The Bertz CT molecular complexity index is 1210. The van der Waals surface area contributed by atoms with Gasteiger partial charge in [-0.1, -0.05) is 59.4 Å². The number of benzene rings is 1. The molecule has 0 saturated carbocycles. The number of hydrogen-bond donors (Lipinski definition) is 1. The third-order valence-corrected chi connectivity index (χ3v) is 18.9. The largest absolute Gasteiger partial charge is 0.478 e. The van der Waals surface area contributed by atoms with Crippen LogP contribution in [0.3, 0.4) is 0 Å². The first kappa shape index (κ1) is 35.0. The van der Waals surface area contributed by atoms with E-state index in [-0.39, 0.29) is 45.9 Å². The number of carboxylic acid groups (broad SMARTS) is 1. The summed E-state index contributed by atoms with van der Waals surface area (Å²) in [7, 11) is -4.46. The van der Waals surface area contributed by atoms with Crippen LogP contribution in [0.15, 0.2) is 17.1 Å². The number of carbonyl (C=O) groups is 2. The number of rotatable bonds is 8. The van der Waals surface area contributed by atoms with Crippen molar-refractivity contribution in [3.63, 3.8) is 0 Å². The Morgan fingerprint density at radius 1 is 1.00 bits per heavy atom. The predicted octanol–water partition coefficient (Wildman–Crippen LogP) is 7.84. The zero-order chi connectivity index (χ0) is 32.1. The summed E-state index contributed by atoms with van der Waals surface area (Å²) in [6, 6.07) is 3.17. The molecule has 1 aromatic rings. The van der Waals surface area contributed by atoms with Crippen molar-refractivity contribution in [1.82, 2.24) is 0 Å². The number of carbonyl (C=O) groups excluding carboxylic acids is 1. The quantitative estimate of drug-likeness (QED) is 0.227. The molecule has 8 nitrogen and oxygen atoms in total. The summed E-state index contributed by atoms with van der Waals surface area (Å²) < 4.78 is 25.6. The fourth-order valence-corrected chi connectivity index (χ4v) is 7.64. The van der Waals surface area contributed by atoms with Gasteiger partial charge in [-0.05, 0) is 74.2 Å². The minimum atomic E-state index is -2.31. The molecule has 0 radical (unpaired) electrons. The van der Waals surface area contributed by atoms with Crippen molar-refractivity contribution in [3.05, 3.63) is 34.4 Å². The van der Waals surface area contributed by atoms with Crippen LogP contribution in [0.5, 0.6) is 0 Å². The van der Waals surface area contributed by atoms with Crippen molar-refractivity contribution >= 4 is 45.9 Å². The second kappa shape index (κ2) is 12.1. The van der Waals surface area contributed by atoms with E-state index >= 15 is 0 Å². The van der Waals surface area contributed by atoms with E-state index in [0.717, 1.165) is 0 Å². The van der Waals surface area contributed by atoms with Gasteiger partial charge in [0.25, 0.3) is 0 Å². The molecule has 0 unspecified atom stereocenters. The minimum absolute atomic E-state index is 0.0195. The van der Waals surface area contributed by atoms with E-state index < -0.39 is 46.2 Å². The molecule has 0 aliphatic carbocycles. The van der Waals surface area contributed by atoms with Crippen LogP contribution in [0.1, 0.15) is 100 Å². The SMILES string of the molecule is CC(C)(C)OC(=O)c1c(C(=O)O)cc(CO[Si](C)(C)C(C)(C)C)cc1[C@@H]1CO[C@@H]2SC=N[C@@H]2[C@@H]1O[Si](C)(C)C(C)(C)C. The van der Waals surface area contributed by atoms with Gasteiger partial charge in [0.1, 0.15) is 17.1 Å². The van der Waals surface area contributed by atoms with Gasteiger partial charge in [-0.15, -0.1) is 0 Å². The Morgan fingerprint density at radius 2 is 1.60 bits per heavy atom. The van der Waals surface area contributed by atoms with Gasteiger partial charge < -0.3 is 23.4 Å². The minimum Gasteiger partial charge on any atom is -0.478 e. The Labute approximate surface area is 258 Å². The maximum atomic E-state index is 13.8. The zero-order valence-corrected chi connectivity index (χ0v) is 30.5. The highest BCUT2D eigenvalue weighted by Gasteiger charge is 2.50. The van der Waals surface area contributed by atoms with Crippen LogP contribution in [0.4, 0.5) is 0 Å². The van der Waals surface area contributed by atoms with Crippen molar-refractivity contribution < 1.29 is 33.0 Å². The number of carboxylic acids is 1. The van der Waals surface area contributed by atoms with E-state index in [1.807, 2.05) is 6.07 Å². The number of ether oxygens (including phenoxy) is 2. The molecule has 1 saturated heterocycles. The highest BCUT2D eigenvalue weighted by Crippen LogP contribution is 2.46. The molecule has 3 rings (SSSR count). The highest BCUT2D eigenvalue weighted by atomic mass is 32.2. The standard InChI is InChI=1S/C31H51NO7SSi2/c1-29(2,3)38-27(35)23-20(14-19(15-21(23)26(33)34)16-37-41(10,11)30(4,5)6)22-17-36-28-24(32-18-40-28)25(22)39-42(12,13)31(7,8)9/h14-15,18,22,24-25,28H,16-17H2,1-13H3,(H,33,34)/t22-,24+,25+,28+/m0/s1. The molecule has 236 valence electrons. The first-order chi connectivity index (χ1) is 19.0. The first-order valence-corrected chi connectivity index (χ1v) is 21.4. The van der Waals surface area contributed by atoms with Crippen LogP contribution in [0.2, 0.25) is 36.3 Å². The second-order valence-electron chi connectivity index (χ2n) is 15.5. The monoisotopic (exact) mass is 637 g/mol. The van der Waals surface area contributed by atoms with Crippen LogP contribution < -0.4 is 0 Å². The number of fused-ring (bicyclic) bond motifs is 1. The molecule has 2 heterocycles. The van der Waals surface area contributed by atoms with Crippen molar-refractivity contribution in [2.45, 2.75) is 134 Å². The molecule has 0 bridgehead atoms. The first-order valence-electron chi connectivity index (χ1n) is 14.7. The van der Waals surface area contributed by atoms with E-state index in [4.69, 9.17) is 23.3 Å². The van der Waals surface area contributed by atoms with Gasteiger partial charge in [0.15, 0.2) is 16.6 Å². The highest BCUT2D eigenvalue weighted by molar-refractivity contribution is 8.12. The number of thioether (sulfide) groups is 1.